The highest BCUT2D eigenvalue weighted by Crippen LogP contribution is 2.22. The number of carbonyl (C=O) groups is 2. The summed E-state index contributed by atoms with van der Waals surface area (Å²) < 4.78 is 11.3. The Hall–Kier alpha value is -3.11. The highest BCUT2D eigenvalue weighted by molar-refractivity contribution is 6.30. The largest absolute Gasteiger partial charge is 0.488 e. The van der Waals surface area contributed by atoms with E-state index in [1.165, 1.54) is 0 Å². The van der Waals surface area contributed by atoms with Gasteiger partial charge in [-0.2, -0.15) is 0 Å². The van der Waals surface area contributed by atoms with E-state index >= 15 is 0 Å². The first-order valence-electron chi connectivity index (χ1n) is 9.64. The first-order valence-corrected chi connectivity index (χ1v) is 10.0. The van der Waals surface area contributed by atoms with Gasteiger partial charge in [0.25, 0.3) is 0 Å². The molecule has 3 rings (SSSR count). The molecule has 0 saturated heterocycles. The molecule has 0 heterocycles. The van der Waals surface area contributed by atoms with Crippen molar-refractivity contribution in [3.8, 4) is 5.75 Å². The molecule has 0 aromatic heterocycles. The van der Waals surface area contributed by atoms with Crippen molar-refractivity contribution in [1.29, 1.82) is 0 Å². The summed E-state index contributed by atoms with van der Waals surface area (Å²) in [5.41, 5.74) is 3.57. The van der Waals surface area contributed by atoms with Crippen LogP contribution in [0.15, 0.2) is 66.7 Å². The molecule has 1 unspecified atom stereocenters. The second kappa shape index (κ2) is 9.59. The molecule has 3 aromatic carbocycles. The third-order valence-corrected chi connectivity index (χ3v) is 4.98. The van der Waals surface area contributed by atoms with E-state index in [1.807, 2.05) is 44.2 Å². The molecule has 4 nitrogen and oxygen atoms in total. The van der Waals surface area contributed by atoms with E-state index in [0.29, 0.717) is 16.3 Å². The second-order valence-electron chi connectivity index (χ2n) is 7.14. The maximum absolute atomic E-state index is 12.8. The van der Waals surface area contributed by atoms with E-state index in [4.69, 9.17) is 21.1 Å². The lowest BCUT2D eigenvalue weighted by Crippen LogP contribution is -2.25. The van der Waals surface area contributed by atoms with Crippen LogP contribution < -0.4 is 4.74 Å². The molecule has 1 atom stereocenters. The first-order chi connectivity index (χ1) is 14.3. The third kappa shape index (κ3) is 5.28. The zero-order valence-electron chi connectivity index (χ0n) is 17.1. The van der Waals surface area contributed by atoms with Crippen LogP contribution in [-0.2, 0) is 11.3 Å². The van der Waals surface area contributed by atoms with Gasteiger partial charge < -0.3 is 9.47 Å². The van der Waals surface area contributed by atoms with Crippen LogP contribution in [-0.4, -0.2) is 17.9 Å². The van der Waals surface area contributed by atoms with E-state index in [9.17, 15) is 9.59 Å². The van der Waals surface area contributed by atoms with Crippen molar-refractivity contribution in [1.82, 2.24) is 0 Å². The SMILES string of the molecule is Cc1ccc(C)c(C(=O)C(C)OC(=O)c2ccccc2OCc2ccc(Cl)cc2)c1. The lowest BCUT2D eigenvalue weighted by molar-refractivity contribution is 0.0314. The summed E-state index contributed by atoms with van der Waals surface area (Å²) in [6.45, 7) is 5.64. The number of benzene rings is 3. The number of ether oxygens (including phenoxy) is 2. The maximum Gasteiger partial charge on any atom is 0.342 e. The third-order valence-electron chi connectivity index (χ3n) is 4.73. The number of carbonyl (C=O) groups excluding carboxylic acids is 2. The van der Waals surface area contributed by atoms with Crippen LogP contribution in [0.3, 0.4) is 0 Å². The Morgan fingerprint density at radius 1 is 0.933 bits per heavy atom. The number of hydrogen-bond donors (Lipinski definition) is 0. The number of hydrogen-bond acceptors (Lipinski definition) is 4. The van der Waals surface area contributed by atoms with Gasteiger partial charge in [-0.05, 0) is 62.2 Å². The van der Waals surface area contributed by atoms with E-state index < -0.39 is 12.1 Å². The molecule has 154 valence electrons. The molecule has 0 aliphatic carbocycles. The fourth-order valence-electron chi connectivity index (χ4n) is 3.00. The molecule has 3 aromatic rings. The van der Waals surface area contributed by atoms with Gasteiger partial charge in [0.05, 0.1) is 0 Å². The number of halogens is 1. The Balaban J connectivity index is 1.71. The normalized spacial score (nSPS) is 11.6. The van der Waals surface area contributed by atoms with E-state index in [0.717, 1.165) is 16.7 Å². The summed E-state index contributed by atoms with van der Waals surface area (Å²) in [6.07, 6.45) is -0.915. The quantitative estimate of drug-likeness (QED) is 0.348. The van der Waals surface area contributed by atoms with Gasteiger partial charge in [-0.25, -0.2) is 4.79 Å². The second-order valence-corrected chi connectivity index (χ2v) is 7.58. The van der Waals surface area contributed by atoms with Crippen molar-refractivity contribution in [3.63, 3.8) is 0 Å². The lowest BCUT2D eigenvalue weighted by Gasteiger charge is -2.16. The van der Waals surface area contributed by atoms with Gasteiger partial charge in [-0.15, -0.1) is 0 Å². The molecule has 0 spiro atoms. The smallest absolute Gasteiger partial charge is 0.342 e. The lowest BCUT2D eigenvalue weighted by atomic mass is 9.99. The predicted molar refractivity (Wildman–Crippen MR) is 117 cm³/mol. The van der Waals surface area contributed by atoms with Gasteiger partial charge in [-0.3, -0.25) is 4.79 Å². The van der Waals surface area contributed by atoms with Gasteiger partial charge in [0.1, 0.15) is 17.9 Å². The number of esters is 1. The molecule has 30 heavy (non-hydrogen) atoms. The number of para-hydroxylation sites is 1. The standard InChI is InChI=1S/C25H23ClO4/c1-16-8-9-17(2)22(14-16)24(27)18(3)30-25(28)21-6-4-5-7-23(21)29-15-19-10-12-20(26)13-11-19/h4-14,18H,15H2,1-3H3. The van der Waals surface area contributed by atoms with Crippen molar-refractivity contribution >= 4 is 23.4 Å². The summed E-state index contributed by atoms with van der Waals surface area (Å²) in [5, 5.41) is 0.644. The molecule has 0 bridgehead atoms. The molecule has 0 radical (unpaired) electrons. The van der Waals surface area contributed by atoms with E-state index in [2.05, 4.69) is 0 Å². The minimum atomic E-state index is -0.915. The van der Waals surface area contributed by atoms with Crippen LogP contribution in [0.4, 0.5) is 0 Å². The fourth-order valence-corrected chi connectivity index (χ4v) is 3.13. The molecule has 0 aliphatic heterocycles. The summed E-state index contributed by atoms with van der Waals surface area (Å²) in [5.74, 6) is -0.444. The van der Waals surface area contributed by atoms with Gasteiger partial charge in [0.2, 0.25) is 5.78 Å². The van der Waals surface area contributed by atoms with Crippen LogP contribution in [0, 0.1) is 13.8 Å². The number of ketones is 1. The molecule has 0 amide bonds. The van der Waals surface area contributed by atoms with Crippen molar-refractivity contribution in [2.75, 3.05) is 0 Å². The summed E-state index contributed by atoms with van der Waals surface area (Å²) in [6, 6.07) is 19.7. The zero-order valence-corrected chi connectivity index (χ0v) is 17.9. The summed E-state index contributed by atoms with van der Waals surface area (Å²) >= 11 is 5.90. The topological polar surface area (TPSA) is 52.6 Å². The zero-order chi connectivity index (χ0) is 21.7. The molecular weight excluding hydrogens is 400 g/mol. The van der Waals surface area contributed by atoms with Gasteiger partial charge in [0, 0.05) is 10.6 Å². The van der Waals surface area contributed by atoms with Crippen LogP contribution in [0.25, 0.3) is 0 Å². The average Bonchev–Trinajstić information content (AvgIpc) is 2.74. The van der Waals surface area contributed by atoms with E-state index in [1.54, 1.807) is 43.3 Å². The van der Waals surface area contributed by atoms with Gasteiger partial charge in [-0.1, -0.05) is 53.6 Å². The van der Waals surface area contributed by atoms with Gasteiger partial charge in [0.15, 0.2) is 6.10 Å². The highest BCUT2D eigenvalue weighted by Gasteiger charge is 2.23. The molecule has 5 heteroatoms. The van der Waals surface area contributed by atoms with E-state index in [-0.39, 0.29) is 18.0 Å². The van der Waals surface area contributed by atoms with Crippen molar-refractivity contribution in [2.24, 2.45) is 0 Å². The minimum Gasteiger partial charge on any atom is -0.488 e. The number of rotatable bonds is 7. The highest BCUT2D eigenvalue weighted by atomic mass is 35.5. The van der Waals surface area contributed by atoms with Crippen LogP contribution in [0.1, 0.15) is 44.3 Å². The summed E-state index contributed by atoms with van der Waals surface area (Å²) in [7, 11) is 0. The van der Waals surface area contributed by atoms with Crippen LogP contribution in [0.5, 0.6) is 5.75 Å². The van der Waals surface area contributed by atoms with Gasteiger partial charge >= 0.3 is 5.97 Å². The number of Topliss-reactive ketones (excluding diaryl/α,β-unsaturated/α-hetero) is 1. The van der Waals surface area contributed by atoms with Crippen molar-refractivity contribution in [3.05, 3.63) is 99.6 Å². The monoisotopic (exact) mass is 422 g/mol. The molecule has 0 saturated carbocycles. The maximum atomic E-state index is 12.8. The molecular formula is C25H23ClO4. The first kappa shape index (κ1) is 21.6. The minimum absolute atomic E-state index is 0.232. The Labute approximate surface area is 181 Å². The Morgan fingerprint density at radius 3 is 2.37 bits per heavy atom. The average molecular weight is 423 g/mol. The Kier molecular flexibility index (Phi) is 6.91. The Morgan fingerprint density at radius 2 is 1.63 bits per heavy atom. The van der Waals surface area contributed by atoms with Crippen LogP contribution >= 0.6 is 11.6 Å². The Bertz CT molecular complexity index is 1060. The molecule has 0 aliphatic rings. The van der Waals surface area contributed by atoms with Crippen molar-refractivity contribution < 1.29 is 19.1 Å². The predicted octanol–water partition coefficient (Wildman–Crippen LogP) is 5.96. The van der Waals surface area contributed by atoms with Crippen molar-refractivity contribution in [2.45, 2.75) is 33.5 Å². The fraction of sp³-hybridized carbons (Fsp3) is 0.200. The number of aryl methyl sites for hydroxylation is 2. The summed E-state index contributed by atoms with van der Waals surface area (Å²) in [4.78, 5) is 25.5. The molecule has 0 N–H and O–H groups in total. The van der Waals surface area contributed by atoms with Crippen LogP contribution in [0.2, 0.25) is 5.02 Å². The molecule has 0 fully saturated rings.